The molecule has 0 spiro atoms. The zero-order valence-electron chi connectivity index (χ0n) is 10.2. The lowest BCUT2D eigenvalue weighted by atomic mass is 9.90. The van der Waals surface area contributed by atoms with Gasteiger partial charge in [-0.2, -0.15) is 0 Å². The highest BCUT2D eigenvalue weighted by Gasteiger charge is 2.27. The number of piperidine rings is 1. The maximum absolute atomic E-state index is 4.05. The third-order valence-corrected chi connectivity index (χ3v) is 3.72. The molecule has 0 bridgehead atoms. The molecule has 1 aliphatic rings. The van der Waals surface area contributed by atoms with Crippen LogP contribution in [0.4, 0.5) is 0 Å². The lowest BCUT2D eigenvalue weighted by Gasteiger charge is -2.39. The van der Waals surface area contributed by atoms with Crippen molar-refractivity contribution in [1.29, 1.82) is 0 Å². The Bertz CT molecular complexity index is 315. The summed E-state index contributed by atoms with van der Waals surface area (Å²) in [7, 11) is 2.07. The highest BCUT2D eigenvalue weighted by atomic mass is 15.1. The van der Waals surface area contributed by atoms with Gasteiger partial charge in [-0.3, -0.25) is 9.88 Å². The number of pyridine rings is 1. The van der Waals surface area contributed by atoms with Crippen LogP contribution in [0.5, 0.6) is 0 Å². The average Bonchev–Trinajstić information content (AvgIpc) is 2.34. The molecule has 16 heavy (non-hydrogen) atoms. The Morgan fingerprint density at radius 1 is 1.31 bits per heavy atom. The van der Waals surface area contributed by atoms with Crippen LogP contribution in [0.25, 0.3) is 0 Å². The fourth-order valence-electron chi connectivity index (χ4n) is 2.20. The van der Waals surface area contributed by atoms with Crippen LogP contribution in [-0.2, 0) is 6.54 Å². The van der Waals surface area contributed by atoms with E-state index in [4.69, 9.17) is 0 Å². The van der Waals surface area contributed by atoms with Gasteiger partial charge in [0.15, 0.2) is 0 Å². The molecule has 0 saturated carbocycles. The standard InChI is InChI=1S/C13H21N3/c1-13(14-2)5-9-16(10-6-13)11-12-3-7-15-8-4-12/h3-4,7-8,14H,5-6,9-11H2,1-2H3. The molecule has 2 rings (SSSR count). The minimum Gasteiger partial charge on any atom is -0.314 e. The first-order chi connectivity index (χ1) is 7.72. The van der Waals surface area contributed by atoms with E-state index in [0.29, 0.717) is 5.54 Å². The van der Waals surface area contributed by atoms with E-state index in [1.54, 1.807) is 0 Å². The number of hydrogen-bond acceptors (Lipinski definition) is 3. The average molecular weight is 219 g/mol. The van der Waals surface area contributed by atoms with Crippen molar-refractivity contribution in [1.82, 2.24) is 15.2 Å². The quantitative estimate of drug-likeness (QED) is 0.838. The van der Waals surface area contributed by atoms with Crippen molar-refractivity contribution < 1.29 is 0 Å². The number of hydrogen-bond donors (Lipinski definition) is 1. The predicted molar refractivity (Wildman–Crippen MR) is 66.2 cm³/mol. The van der Waals surface area contributed by atoms with Gasteiger partial charge in [0.2, 0.25) is 0 Å². The summed E-state index contributed by atoms with van der Waals surface area (Å²) in [5.74, 6) is 0. The molecule has 1 aromatic heterocycles. The second-order valence-electron chi connectivity index (χ2n) is 4.94. The van der Waals surface area contributed by atoms with Gasteiger partial charge in [0, 0.05) is 37.6 Å². The fraction of sp³-hybridized carbons (Fsp3) is 0.615. The summed E-state index contributed by atoms with van der Waals surface area (Å²) in [4.78, 5) is 6.57. The third-order valence-electron chi connectivity index (χ3n) is 3.72. The molecule has 0 aromatic carbocycles. The van der Waals surface area contributed by atoms with Gasteiger partial charge in [-0.15, -0.1) is 0 Å². The summed E-state index contributed by atoms with van der Waals surface area (Å²) in [5.41, 5.74) is 1.71. The molecule has 2 heterocycles. The van der Waals surface area contributed by atoms with E-state index in [9.17, 15) is 0 Å². The normalized spacial score (nSPS) is 20.9. The van der Waals surface area contributed by atoms with Gasteiger partial charge in [0.05, 0.1) is 0 Å². The van der Waals surface area contributed by atoms with Gasteiger partial charge < -0.3 is 5.32 Å². The summed E-state index contributed by atoms with van der Waals surface area (Å²) >= 11 is 0. The second kappa shape index (κ2) is 4.93. The topological polar surface area (TPSA) is 28.2 Å². The van der Waals surface area contributed by atoms with Crippen LogP contribution in [0.3, 0.4) is 0 Å². The predicted octanol–water partition coefficient (Wildman–Crippen LogP) is 1.66. The van der Waals surface area contributed by atoms with Crippen molar-refractivity contribution in [3.63, 3.8) is 0 Å². The lowest BCUT2D eigenvalue weighted by molar-refractivity contribution is 0.146. The van der Waals surface area contributed by atoms with Crippen molar-refractivity contribution in [3.05, 3.63) is 30.1 Å². The molecule has 0 amide bonds. The van der Waals surface area contributed by atoms with Gasteiger partial charge >= 0.3 is 0 Å². The van der Waals surface area contributed by atoms with Gasteiger partial charge in [-0.05, 0) is 44.5 Å². The minimum absolute atomic E-state index is 0.342. The molecule has 0 atom stereocenters. The van der Waals surface area contributed by atoms with Crippen molar-refractivity contribution in [2.45, 2.75) is 31.8 Å². The van der Waals surface area contributed by atoms with Crippen LogP contribution in [-0.4, -0.2) is 35.6 Å². The molecule has 1 saturated heterocycles. The van der Waals surface area contributed by atoms with Gasteiger partial charge in [-0.25, -0.2) is 0 Å². The fourth-order valence-corrected chi connectivity index (χ4v) is 2.20. The van der Waals surface area contributed by atoms with E-state index >= 15 is 0 Å². The van der Waals surface area contributed by atoms with Crippen LogP contribution in [0, 0.1) is 0 Å². The highest BCUT2D eigenvalue weighted by molar-refractivity contribution is 5.09. The summed E-state index contributed by atoms with van der Waals surface area (Å²) in [5, 5.41) is 3.43. The molecule has 88 valence electrons. The monoisotopic (exact) mass is 219 g/mol. The number of aromatic nitrogens is 1. The molecule has 0 radical (unpaired) electrons. The summed E-state index contributed by atoms with van der Waals surface area (Å²) < 4.78 is 0. The molecular formula is C13H21N3. The number of rotatable bonds is 3. The first kappa shape index (κ1) is 11.6. The van der Waals surface area contributed by atoms with Crippen LogP contribution in [0.15, 0.2) is 24.5 Å². The van der Waals surface area contributed by atoms with Crippen LogP contribution in [0.2, 0.25) is 0 Å². The largest absolute Gasteiger partial charge is 0.314 e. The maximum Gasteiger partial charge on any atom is 0.0271 e. The Labute approximate surface area is 97.9 Å². The number of nitrogens with one attached hydrogen (secondary N) is 1. The first-order valence-corrected chi connectivity index (χ1v) is 6.02. The molecule has 1 aliphatic heterocycles. The Hall–Kier alpha value is -0.930. The third kappa shape index (κ3) is 2.80. The summed E-state index contributed by atoms with van der Waals surface area (Å²) in [6.07, 6.45) is 6.21. The van der Waals surface area contributed by atoms with E-state index in [1.807, 2.05) is 12.4 Å². The SMILES string of the molecule is CNC1(C)CCN(Cc2ccncc2)CC1. The van der Waals surface area contributed by atoms with E-state index in [1.165, 1.54) is 31.5 Å². The lowest BCUT2D eigenvalue weighted by Crippen LogP contribution is -2.49. The van der Waals surface area contributed by atoms with Gasteiger partial charge in [0.25, 0.3) is 0 Å². The zero-order chi connectivity index (χ0) is 11.4. The Morgan fingerprint density at radius 3 is 2.50 bits per heavy atom. The van der Waals surface area contributed by atoms with E-state index in [2.05, 4.69) is 41.3 Å². The summed E-state index contributed by atoms with van der Waals surface area (Å²) in [6, 6.07) is 4.21. The highest BCUT2D eigenvalue weighted by Crippen LogP contribution is 2.22. The first-order valence-electron chi connectivity index (χ1n) is 6.02. The van der Waals surface area contributed by atoms with E-state index < -0.39 is 0 Å². The Morgan fingerprint density at radius 2 is 1.94 bits per heavy atom. The molecular weight excluding hydrogens is 198 g/mol. The Kier molecular flexibility index (Phi) is 3.56. The maximum atomic E-state index is 4.05. The summed E-state index contributed by atoms with van der Waals surface area (Å²) in [6.45, 7) is 5.73. The van der Waals surface area contributed by atoms with Crippen LogP contribution < -0.4 is 5.32 Å². The second-order valence-corrected chi connectivity index (χ2v) is 4.94. The molecule has 1 fully saturated rings. The molecule has 1 N–H and O–H groups in total. The van der Waals surface area contributed by atoms with Crippen molar-refractivity contribution >= 4 is 0 Å². The van der Waals surface area contributed by atoms with Crippen LogP contribution >= 0.6 is 0 Å². The number of likely N-dealkylation sites (tertiary alicyclic amines) is 1. The van der Waals surface area contributed by atoms with Crippen molar-refractivity contribution in [2.24, 2.45) is 0 Å². The van der Waals surface area contributed by atoms with Crippen molar-refractivity contribution in [3.8, 4) is 0 Å². The van der Waals surface area contributed by atoms with Gasteiger partial charge in [-0.1, -0.05) is 0 Å². The van der Waals surface area contributed by atoms with E-state index in [0.717, 1.165) is 6.54 Å². The molecule has 0 aliphatic carbocycles. The zero-order valence-corrected chi connectivity index (χ0v) is 10.2. The molecule has 0 unspecified atom stereocenters. The smallest absolute Gasteiger partial charge is 0.0271 e. The van der Waals surface area contributed by atoms with Gasteiger partial charge in [0.1, 0.15) is 0 Å². The molecule has 1 aromatic rings. The van der Waals surface area contributed by atoms with Crippen molar-refractivity contribution in [2.75, 3.05) is 20.1 Å². The van der Waals surface area contributed by atoms with E-state index in [-0.39, 0.29) is 0 Å². The molecule has 3 heteroatoms. The Balaban J connectivity index is 1.86. The molecule has 3 nitrogen and oxygen atoms in total. The minimum atomic E-state index is 0.342. The van der Waals surface area contributed by atoms with Crippen LogP contribution in [0.1, 0.15) is 25.3 Å². The number of nitrogens with zero attached hydrogens (tertiary/aromatic N) is 2.